The maximum absolute atomic E-state index is 13.0. The van der Waals surface area contributed by atoms with Crippen LogP contribution in [0.5, 0.6) is 11.5 Å². The van der Waals surface area contributed by atoms with Gasteiger partial charge in [0.1, 0.15) is 5.39 Å². The highest BCUT2D eigenvalue weighted by molar-refractivity contribution is 5.73. The van der Waals surface area contributed by atoms with Gasteiger partial charge in [0, 0.05) is 12.7 Å². The highest BCUT2D eigenvalue weighted by Crippen LogP contribution is 2.27. The van der Waals surface area contributed by atoms with Crippen molar-refractivity contribution in [1.82, 2.24) is 19.5 Å². The van der Waals surface area contributed by atoms with E-state index in [0.29, 0.717) is 36.1 Å². The van der Waals surface area contributed by atoms with Crippen LogP contribution in [0.1, 0.15) is 16.7 Å². The summed E-state index contributed by atoms with van der Waals surface area (Å²) in [6, 6.07) is 11.3. The summed E-state index contributed by atoms with van der Waals surface area (Å²) >= 11 is 0. The van der Waals surface area contributed by atoms with Crippen LogP contribution in [0, 0.1) is 13.8 Å². The van der Waals surface area contributed by atoms with Gasteiger partial charge in [-0.2, -0.15) is 4.98 Å². The molecule has 0 unspecified atom stereocenters. The van der Waals surface area contributed by atoms with E-state index in [2.05, 4.69) is 20.3 Å². The van der Waals surface area contributed by atoms with Gasteiger partial charge in [-0.1, -0.05) is 23.8 Å². The lowest BCUT2D eigenvalue weighted by Gasteiger charge is -2.11. The number of hydrogen-bond acceptors (Lipinski definition) is 7. The summed E-state index contributed by atoms with van der Waals surface area (Å²) in [6.07, 6.45) is 2.12. The summed E-state index contributed by atoms with van der Waals surface area (Å²) in [5, 5.41) is 3.36. The molecule has 4 aromatic rings. The van der Waals surface area contributed by atoms with E-state index in [-0.39, 0.29) is 11.0 Å². The molecule has 9 nitrogen and oxygen atoms in total. The number of nitrogens with one attached hydrogen (secondary N) is 2. The van der Waals surface area contributed by atoms with Crippen molar-refractivity contribution in [2.75, 3.05) is 26.1 Å². The van der Waals surface area contributed by atoms with Crippen molar-refractivity contribution >= 4 is 17.0 Å². The van der Waals surface area contributed by atoms with Crippen LogP contribution in [-0.2, 0) is 6.42 Å². The van der Waals surface area contributed by atoms with Gasteiger partial charge in [-0.05, 0) is 49.6 Å². The van der Waals surface area contributed by atoms with E-state index in [9.17, 15) is 9.59 Å². The number of nitrogens with zero attached hydrogens (tertiary/aromatic N) is 3. The molecule has 0 saturated carbocycles. The molecule has 2 heterocycles. The molecule has 170 valence electrons. The van der Waals surface area contributed by atoms with Crippen LogP contribution in [0.4, 0.5) is 5.95 Å². The van der Waals surface area contributed by atoms with E-state index in [4.69, 9.17) is 9.47 Å². The Hall–Kier alpha value is -4.14. The van der Waals surface area contributed by atoms with Crippen molar-refractivity contribution in [3.05, 3.63) is 80.1 Å². The van der Waals surface area contributed by atoms with Crippen molar-refractivity contribution < 1.29 is 9.47 Å². The predicted molar refractivity (Wildman–Crippen MR) is 127 cm³/mol. The van der Waals surface area contributed by atoms with Gasteiger partial charge in [-0.3, -0.25) is 9.78 Å². The van der Waals surface area contributed by atoms with Gasteiger partial charge in [0.15, 0.2) is 17.1 Å². The number of rotatable bonds is 7. The molecule has 4 rings (SSSR count). The minimum Gasteiger partial charge on any atom is -0.493 e. The number of methoxy groups -OCH3 is 2. The van der Waals surface area contributed by atoms with Gasteiger partial charge in [-0.15, -0.1) is 0 Å². The molecule has 2 N–H and O–H groups in total. The first kappa shape index (κ1) is 22.1. The number of hydrogen-bond donors (Lipinski definition) is 2. The molecular weight excluding hydrogens is 422 g/mol. The van der Waals surface area contributed by atoms with Crippen LogP contribution in [-0.4, -0.2) is 40.3 Å². The van der Waals surface area contributed by atoms with Crippen molar-refractivity contribution in [3.63, 3.8) is 0 Å². The summed E-state index contributed by atoms with van der Waals surface area (Å²) in [6.45, 7) is 4.36. The molecule has 0 fully saturated rings. The lowest BCUT2D eigenvalue weighted by Crippen LogP contribution is -2.34. The van der Waals surface area contributed by atoms with Gasteiger partial charge >= 0.3 is 5.69 Å². The number of anilines is 1. The fourth-order valence-corrected chi connectivity index (χ4v) is 3.72. The maximum atomic E-state index is 13.0. The van der Waals surface area contributed by atoms with Crippen molar-refractivity contribution in [1.29, 1.82) is 0 Å². The number of fused-ring (bicyclic) bond motifs is 1. The van der Waals surface area contributed by atoms with E-state index in [0.717, 1.165) is 21.3 Å². The molecule has 2 aromatic carbocycles. The number of benzene rings is 2. The molecule has 0 aliphatic rings. The van der Waals surface area contributed by atoms with Crippen molar-refractivity contribution in [2.24, 2.45) is 0 Å². The monoisotopic (exact) mass is 447 g/mol. The van der Waals surface area contributed by atoms with Crippen LogP contribution in [0.15, 0.2) is 52.2 Å². The van der Waals surface area contributed by atoms with E-state index < -0.39 is 11.2 Å². The maximum Gasteiger partial charge on any atom is 0.334 e. The molecule has 0 bridgehead atoms. The lowest BCUT2D eigenvalue weighted by molar-refractivity contribution is 0.354. The molecule has 0 amide bonds. The number of ether oxygens (including phenoxy) is 2. The summed E-state index contributed by atoms with van der Waals surface area (Å²) < 4.78 is 11.7. The average Bonchev–Trinajstić information content (AvgIpc) is 2.80. The zero-order valence-electron chi connectivity index (χ0n) is 18.9. The largest absolute Gasteiger partial charge is 0.493 e. The number of aromatic nitrogens is 4. The van der Waals surface area contributed by atoms with Crippen LogP contribution < -0.4 is 26.0 Å². The fraction of sp³-hybridized carbons (Fsp3) is 0.250. The number of H-pyrrole nitrogens is 1. The van der Waals surface area contributed by atoms with Crippen molar-refractivity contribution in [3.8, 4) is 17.2 Å². The first-order chi connectivity index (χ1) is 15.9. The Morgan fingerprint density at radius 2 is 1.82 bits per heavy atom. The molecule has 0 aliphatic carbocycles. The SMILES string of the molecule is COc1ccc(CCNc2ncc3c(=O)n(-c4ccc(C)cc4C)c(=O)[nH]c3n2)cc1OC. The summed E-state index contributed by atoms with van der Waals surface area (Å²) in [5.41, 5.74) is 2.64. The Morgan fingerprint density at radius 1 is 1.03 bits per heavy atom. The second-order valence-corrected chi connectivity index (χ2v) is 7.68. The van der Waals surface area contributed by atoms with E-state index >= 15 is 0 Å². The smallest absolute Gasteiger partial charge is 0.334 e. The molecule has 2 aromatic heterocycles. The first-order valence-corrected chi connectivity index (χ1v) is 10.5. The average molecular weight is 447 g/mol. The standard InChI is InChI=1S/C24H25N5O4/c1-14-5-7-18(15(2)11-14)29-22(30)17-13-26-23(27-21(17)28-24(29)31)25-10-9-16-6-8-19(32-3)20(12-16)33-4/h5-8,11-13H,9-10H2,1-4H3,(H2,25,26,27,28,31). The van der Waals surface area contributed by atoms with Crippen LogP contribution >= 0.6 is 0 Å². The summed E-state index contributed by atoms with van der Waals surface area (Å²) in [5.74, 6) is 1.65. The van der Waals surface area contributed by atoms with Gasteiger partial charge in [-0.25, -0.2) is 14.3 Å². The third kappa shape index (κ3) is 4.43. The Labute approximate surface area is 190 Å². The predicted octanol–water partition coefficient (Wildman–Crippen LogP) is 2.76. The minimum atomic E-state index is -0.547. The molecule has 0 radical (unpaired) electrons. The van der Waals surface area contributed by atoms with Gasteiger partial charge in [0.2, 0.25) is 5.95 Å². The Kier molecular flexibility index (Phi) is 6.12. The van der Waals surface area contributed by atoms with Crippen LogP contribution in [0.25, 0.3) is 16.7 Å². The Morgan fingerprint density at radius 3 is 2.55 bits per heavy atom. The second kappa shape index (κ2) is 9.15. The summed E-state index contributed by atoms with van der Waals surface area (Å²) in [4.78, 5) is 37.0. The molecule has 33 heavy (non-hydrogen) atoms. The molecule has 9 heteroatoms. The Bertz CT molecular complexity index is 1440. The zero-order chi connectivity index (χ0) is 23.5. The molecule has 0 atom stereocenters. The van der Waals surface area contributed by atoms with E-state index in [1.807, 2.05) is 44.2 Å². The number of aryl methyl sites for hydroxylation is 2. The first-order valence-electron chi connectivity index (χ1n) is 10.5. The lowest BCUT2D eigenvalue weighted by atomic mass is 10.1. The van der Waals surface area contributed by atoms with Crippen LogP contribution in [0.2, 0.25) is 0 Å². The van der Waals surface area contributed by atoms with Gasteiger partial charge < -0.3 is 14.8 Å². The third-order valence-corrected chi connectivity index (χ3v) is 5.39. The number of aromatic amines is 1. The molecule has 0 aliphatic heterocycles. The fourth-order valence-electron chi connectivity index (χ4n) is 3.72. The highest BCUT2D eigenvalue weighted by Gasteiger charge is 2.13. The minimum absolute atomic E-state index is 0.189. The highest BCUT2D eigenvalue weighted by atomic mass is 16.5. The second-order valence-electron chi connectivity index (χ2n) is 7.68. The van der Waals surface area contributed by atoms with Gasteiger partial charge in [0.05, 0.1) is 19.9 Å². The zero-order valence-corrected chi connectivity index (χ0v) is 18.9. The topological polar surface area (TPSA) is 111 Å². The van der Waals surface area contributed by atoms with Gasteiger partial charge in [0.25, 0.3) is 5.56 Å². The molecule has 0 saturated heterocycles. The molecule has 0 spiro atoms. The summed E-state index contributed by atoms with van der Waals surface area (Å²) in [7, 11) is 3.19. The normalized spacial score (nSPS) is 10.9. The van der Waals surface area contributed by atoms with E-state index in [1.165, 1.54) is 6.20 Å². The quantitative estimate of drug-likeness (QED) is 0.448. The molecular formula is C24H25N5O4. The third-order valence-electron chi connectivity index (χ3n) is 5.39. The Balaban J connectivity index is 1.57. The van der Waals surface area contributed by atoms with Crippen LogP contribution in [0.3, 0.4) is 0 Å². The van der Waals surface area contributed by atoms with E-state index in [1.54, 1.807) is 20.3 Å². The van der Waals surface area contributed by atoms with Crippen molar-refractivity contribution in [2.45, 2.75) is 20.3 Å².